The Kier molecular flexibility index (Phi) is 4.66. The first-order chi connectivity index (χ1) is 12.8. The van der Waals surface area contributed by atoms with E-state index in [1.165, 1.54) is 0 Å². The molecule has 4 rings (SSSR count). The van der Waals surface area contributed by atoms with Gasteiger partial charge in [-0.25, -0.2) is 0 Å². The quantitative estimate of drug-likeness (QED) is 0.479. The second-order valence-electron chi connectivity index (χ2n) is 5.53. The summed E-state index contributed by atoms with van der Waals surface area (Å²) in [6.45, 7) is 0.417. The van der Waals surface area contributed by atoms with Crippen LogP contribution in [-0.4, -0.2) is 17.3 Å². The van der Waals surface area contributed by atoms with Gasteiger partial charge in [0.1, 0.15) is 6.61 Å². The number of ether oxygens (including phenoxy) is 2. The van der Waals surface area contributed by atoms with E-state index in [0.29, 0.717) is 29.9 Å². The van der Waals surface area contributed by atoms with Crippen LogP contribution in [0.15, 0.2) is 70.5 Å². The number of para-hydroxylation sites is 2. The number of hydrogen-bond acceptors (Lipinski definition) is 6. The highest BCUT2D eigenvalue weighted by Crippen LogP contribution is 2.29. The molecule has 2 aromatic carbocycles. The third-order valence-electron chi connectivity index (χ3n) is 3.79. The van der Waals surface area contributed by atoms with Crippen LogP contribution in [0.5, 0.6) is 11.5 Å². The molecule has 4 aromatic rings. The maximum atomic E-state index is 5.88. The Balaban J connectivity index is 1.52. The molecule has 0 bridgehead atoms. The third kappa shape index (κ3) is 3.45. The maximum absolute atomic E-state index is 5.88. The number of rotatable bonds is 6. The minimum atomic E-state index is 0.417. The second-order valence-corrected chi connectivity index (χ2v) is 6.48. The zero-order chi connectivity index (χ0) is 17.8. The lowest BCUT2D eigenvalue weighted by molar-refractivity contribution is 0.284. The van der Waals surface area contributed by atoms with E-state index in [1.807, 2.05) is 66.0 Å². The molecule has 6 heteroatoms. The fourth-order valence-corrected chi connectivity index (χ4v) is 3.18. The van der Waals surface area contributed by atoms with Crippen LogP contribution in [0.25, 0.3) is 22.2 Å². The standard InChI is InChI=1S/C20H16N2O3S/c1-23-16-8-2-3-9-17(16)24-13-14-6-4-7-15(12-14)19-21-22-20(25-19)18-10-5-11-26-18/h2-12H,13H2,1H3. The molecule has 0 atom stereocenters. The summed E-state index contributed by atoms with van der Waals surface area (Å²) in [6, 6.07) is 19.4. The largest absolute Gasteiger partial charge is 0.493 e. The van der Waals surface area contributed by atoms with Crippen LogP contribution in [0.1, 0.15) is 5.56 Å². The molecule has 0 saturated heterocycles. The molecule has 0 aliphatic heterocycles. The van der Waals surface area contributed by atoms with E-state index in [-0.39, 0.29) is 0 Å². The molecule has 0 saturated carbocycles. The Hall–Kier alpha value is -3.12. The summed E-state index contributed by atoms with van der Waals surface area (Å²) in [7, 11) is 1.63. The first-order valence-electron chi connectivity index (χ1n) is 8.06. The summed E-state index contributed by atoms with van der Waals surface area (Å²) >= 11 is 1.57. The van der Waals surface area contributed by atoms with E-state index in [9.17, 15) is 0 Å². The molecule has 0 radical (unpaired) electrons. The molecule has 5 nitrogen and oxygen atoms in total. The number of aromatic nitrogens is 2. The Morgan fingerprint density at radius 3 is 2.58 bits per heavy atom. The van der Waals surface area contributed by atoms with Gasteiger partial charge in [-0.3, -0.25) is 0 Å². The van der Waals surface area contributed by atoms with Crippen molar-refractivity contribution in [3.63, 3.8) is 0 Å². The van der Waals surface area contributed by atoms with Crippen LogP contribution in [0.4, 0.5) is 0 Å². The van der Waals surface area contributed by atoms with Gasteiger partial charge in [0, 0.05) is 5.56 Å². The lowest BCUT2D eigenvalue weighted by Gasteiger charge is -2.10. The zero-order valence-corrected chi connectivity index (χ0v) is 14.9. The predicted molar refractivity (Wildman–Crippen MR) is 100 cm³/mol. The van der Waals surface area contributed by atoms with Crippen molar-refractivity contribution >= 4 is 11.3 Å². The average Bonchev–Trinajstić information content (AvgIpc) is 3.38. The lowest BCUT2D eigenvalue weighted by Crippen LogP contribution is -1.97. The summed E-state index contributed by atoms with van der Waals surface area (Å²) in [4.78, 5) is 0.958. The van der Waals surface area contributed by atoms with Crippen LogP contribution in [0, 0.1) is 0 Å². The monoisotopic (exact) mass is 364 g/mol. The summed E-state index contributed by atoms with van der Waals surface area (Å²) < 4.78 is 17.0. The van der Waals surface area contributed by atoms with Gasteiger partial charge < -0.3 is 13.9 Å². The summed E-state index contributed by atoms with van der Waals surface area (Å²) in [5, 5.41) is 10.3. The van der Waals surface area contributed by atoms with Crippen molar-refractivity contribution in [1.82, 2.24) is 10.2 Å². The van der Waals surface area contributed by atoms with Gasteiger partial charge in [0.25, 0.3) is 5.89 Å². The molecule has 26 heavy (non-hydrogen) atoms. The smallest absolute Gasteiger partial charge is 0.258 e. The first-order valence-corrected chi connectivity index (χ1v) is 8.94. The molecule has 0 N–H and O–H groups in total. The zero-order valence-electron chi connectivity index (χ0n) is 14.1. The molecule has 130 valence electrons. The molecule has 0 aliphatic carbocycles. The average molecular weight is 364 g/mol. The molecule has 0 unspecified atom stereocenters. The Labute approximate surface area is 154 Å². The predicted octanol–water partition coefficient (Wildman–Crippen LogP) is 5.05. The fourth-order valence-electron chi connectivity index (χ4n) is 2.53. The fraction of sp³-hybridized carbons (Fsp3) is 0.100. The van der Waals surface area contributed by atoms with E-state index < -0.39 is 0 Å². The van der Waals surface area contributed by atoms with Gasteiger partial charge in [0.15, 0.2) is 11.5 Å². The van der Waals surface area contributed by atoms with E-state index in [4.69, 9.17) is 13.9 Å². The molecule has 0 aliphatic rings. The number of nitrogens with zero attached hydrogens (tertiary/aromatic N) is 2. The Morgan fingerprint density at radius 2 is 1.77 bits per heavy atom. The van der Waals surface area contributed by atoms with E-state index in [2.05, 4.69) is 10.2 Å². The van der Waals surface area contributed by atoms with Gasteiger partial charge in [-0.15, -0.1) is 21.5 Å². The minimum Gasteiger partial charge on any atom is -0.493 e. The molecule has 0 amide bonds. The SMILES string of the molecule is COc1ccccc1OCc1cccc(-c2nnc(-c3cccs3)o2)c1. The number of benzene rings is 2. The van der Waals surface area contributed by atoms with Crippen molar-refractivity contribution in [1.29, 1.82) is 0 Å². The van der Waals surface area contributed by atoms with Gasteiger partial charge in [0.2, 0.25) is 5.89 Å². The molecule has 2 heterocycles. The van der Waals surface area contributed by atoms with Crippen molar-refractivity contribution < 1.29 is 13.9 Å². The Bertz CT molecular complexity index is 996. The highest BCUT2D eigenvalue weighted by Gasteiger charge is 2.12. The lowest BCUT2D eigenvalue weighted by atomic mass is 10.1. The topological polar surface area (TPSA) is 57.4 Å². The van der Waals surface area contributed by atoms with Gasteiger partial charge in [-0.05, 0) is 41.3 Å². The normalized spacial score (nSPS) is 10.7. The third-order valence-corrected chi connectivity index (χ3v) is 4.65. The van der Waals surface area contributed by atoms with Crippen molar-refractivity contribution in [2.45, 2.75) is 6.61 Å². The number of thiophene rings is 1. The number of hydrogen-bond donors (Lipinski definition) is 0. The van der Waals surface area contributed by atoms with Gasteiger partial charge >= 0.3 is 0 Å². The number of methoxy groups -OCH3 is 1. The van der Waals surface area contributed by atoms with Gasteiger partial charge in [-0.2, -0.15) is 0 Å². The molecule has 0 fully saturated rings. The highest BCUT2D eigenvalue weighted by molar-refractivity contribution is 7.13. The van der Waals surface area contributed by atoms with E-state index >= 15 is 0 Å². The molecular weight excluding hydrogens is 348 g/mol. The van der Waals surface area contributed by atoms with Gasteiger partial charge in [-0.1, -0.05) is 30.3 Å². The van der Waals surface area contributed by atoms with Crippen molar-refractivity contribution in [3.8, 4) is 33.7 Å². The van der Waals surface area contributed by atoms with Crippen molar-refractivity contribution in [3.05, 3.63) is 71.6 Å². The first kappa shape index (κ1) is 16.4. The van der Waals surface area contributed by atoms with Gasteiger partial charge in [0.05, 0.1) is 12.0 Å². The molecular formula is C20H16N2O3S. The van der Waals surface area contributed by atoms with E-state index in [1.54, 1.807) is 18.4 Å². The van der Waals surface area contributed by atoms with Crippen LogP contribution < -0.4 is 9.47 Å². The Morgan fingerprint density at radius 1 is 0.923 bits per heavy atom. The second kappa shape index (κ2) is 7.41. The van der Waals surface area contributed by atoms with Crippen LogP contribution in [0.2, 0.25) is 0 Å². The van der Waals surface area contributed by atoms with E-state index in [0.717, 1.165) is 16.0 Å². The summed E-state index contributed by atoms with van der Waals surface area (Å²) in [6.07, 6.45) is 0. The summed E-state index contributed by atoms with van der Waals surface area (Å²) in [5.41, 5.74) is 1.87. The molecule has 2 aromatic heterocycles. The molecule has 0 spiro atoms. The van der Waals surface area contributed by atoms with Crippen molar-refractivity contribution in [2.24, 2.45) is 0 Å². The van der Waals surface area contributed by atoms with Crippen molar-refractivity contribution in [2.75, 3.05) is 7.11 Å². The minimum absolute atomic E-state index is 0.417. The van der Waals surface area contributed by atoms with Crippen LogP contribution >= 0.6 is 11.3 Å². The highest BCUT2D eigenvalue weighted by atomic mass is 32.1. The summed E-state index contributed by atoms with van der Waals surface area (Å²) in [5.74, 6) is 2.44. The maximum Gasteiger partial charge on any atom is 0.258 e. The van der Waals surface area contributed by atoms with Crippen LogP contribution in [0.3, 0.4) is 0 Å². The van der Waals surface area contributed by atoms with Crippen LogP contribution in [-0.2, 0) is 6.61 Å².